The second-order valence-electron chi connectivity index (χ2n) is 6.25. The number of hydrogen-bond donors (Lipinski definition) is 0. The second kappa shape index (κ2) is 9.36. The van der Waals surface area contributed by atoms with Gasteiger partial charge in [0.2, 0.25) is 0 Å². The first-order chi connectivity index (χ1) is 9.11. The molecule has 2 rings (SSSR count). The van der Waals surface area contributed by atoms with Crippen molar-refractivity contribution in [3.63, 3.8) is 0 Å². The normalized spacial score (nSPS) is 9.55. The fourth-order valence-corrected chi connectivity index (χ4v) is 2.81. The van der Waals surface area contributed by atoms with E-state index in [-0.39, 0.29) is 47.8 Å². The minimum Gasteiger partial charge on any atom is -0.358 e. The van der Waals surface area contributed by atoms with E-state index in [1.807, 2.05) is 0 Å². The van der Waals surface area contributed by atoms with E-state index in [1.165, 1.54) is 55.6 Å². The molecule has 0 fully saturated rings. The van der Waals surface area contributed by atoms with Crippen LogP contribution in [-0.2, 0) is 0 Å². The zero-order valence-corrected chi connectivity index (χ0v) is 19.0. The third kappa shape index (κ3) is 4.53. The van der Waals surface area contributed by atoms with E-state index in [2.05, 4.69) is 69.2 Å². The molecule has 1 heteroatoms. The molecule has 0 heterocycles. The molecule has 0 aliphatic rings. The van der Waals surface area contributed by atoms with Gasteiger partial charge in [0, 0.05) is 0 Å². The van der Waals surface area contributed by atoms with Crippen LogP contribution in [0.25, 0.3) is 0 Å². The molecule has 2 aromatic carbocycles. The molecule has 0 saturated heterocycles. The Morgan fingerprint density at radius 2 is 0.591 bits per heavy atom. The molecule has 0 bridgehead atoms. The summed E-state index contributed by atoms with van der Waals surface area (Å²) in [6.45, 7) is 22.0. The fourth-order valence-electron chi connectivity index (χ4n) is 2.81. The van der Waals surface area contributed by atoms with Crippen LogP contribution in [0, 0.1) is 117 Å². The average Bonchev–Trinajstić information content (AvgIpc) is 2.71. The van der Waals surface area contributed by atoms with Crippen LogP contribution in [0.15, 0.2) is 0 Å². The summed E-state index contributed by atoms with van der Waals surface area (Å²) in [4.78, 5) is 0. The first-order valence-electron chi connectivity index (χ1n) is 7.50. The second-order valence-corrected chi connectivity index (χ2v) is 6.25. The van der Waals surface area contributed by atoms with Gasteiger partial charge in [0.05, 0.1) is 0 Å². The van der Waals surface area contributed by atoms with Gasteiger partial charge in [-0.05, 0) is 0 Å². The van der Waals surface area contributed by atoms with Gasteiger partial charge in [-0.2, -0.15) is 55.6 Å². The maximum Gasteiger partial charge on any atom is 3.00 e. The first-order valence-corrected chi connectivity index (χ1v) is 7.50. The summed E-state index contributed by atoms with van der Waals surface area (Å²) in [7, 11) is 0. The molecule has 1 radical (unpaired) electrons. The molecule has 0 N–H and O–H groups in total. The van der Waals surface area contributed by atoms with Gasteiger partial charge in [0.25, 0.3) is 0 Å². The Morgan fingerprint density at radius 1 is 0.455 bits per heavy atom. The summed E-state index contributed by atoms with van der Waals surface area (Å²) in [6.07, 6.45) is 0. The summed E-state index contributed by atoms with van der Waals surface area (Å²) < 4.78 is 0. The van der Waals surface area contributed by atoms with Gasteiger partial charge < -0.3 is 7.43 Å². The van der Waals surface area contributed by atoms with Crippen molar-refractivity contribution < 1.29 is 40.4 Å². The fraction of sp³-hybridized carbons (Fsp3) is 0.476. The Labute approximate surface area is 171 Å². The molecule has 0 aromatic heterocycles. The third-order valence-corrected chi connectivity index (χ3v) is 5.62. The van der Waals surface area contributed by atoms with Crippen molar-refractivity contribution in [3.8, 4) is 0 Å². The van der Waals surface area contributed by atoms with Crippen molar-refractivity contribution in [1.29, 1.82) is 0 Å². The Bertz CT molecular complexity index is 404. The standard InChI is InChI=1S/2C10H15.CH3.Sm/c2*1-6-7(2)9(4)10(5)8(6)3;;/h2*1-5H3;1H3;/q3*-1;+3. The molecule has 123 valence electrons. The van der Waals surface area contributed by atoms with Crippen LogP contribution in [0.5, 0.6) is 0 Å². The van der Waals surface area contributed by atoms with Gasteiger partial charge in [-0.3, -0.25) is 0 Å². The van der Waals surface area contributed by atoms with E-state index < -0.39 is 0 Å². The van der Waals surface area contributed by atoms with Gasteiger partial charge in [-0.1, -0.05) is 69.2 Å². The SMILES string of the molecule is Cc1c(C)c(C)[c-](C)c1C.Cc1c(C)c(C)[c-](C)c1C.[CH3-].[Sm+3]. The first kappa shape index (κ1) is 24.3. The van der Waals surface area contributed by atoms with E-state index in [0.717, 1.165) is 0 Å². The predicted octanol–water partition coefficient (Wildman–Crippen LogP) is 6.35. The van der Waals surface area contributed by atoms with Crippen LogP contribution in [0.3, 0.4) is 0 Å². The summed E-state index contributed by atoms with van der Waals surface area (Å²) in [5, 5.41) is 0. The molecule has 22 heavy (non-hydrogen) atoms. The summed E-state index contributed by atoms with van der Waals surface area (Å²) in [6, 6.07) is 0. The van der Waals surface area contributed by atoms with Crippen molar-refractivity contribution >= 4 is 0 Å². The molecule has 0 spiro atoms. The molecule has 0 aliphatic carbocycles. The van der Waals surface area contributed by atoms with Gasteiger partial charge in [0.15, 0.2) is 0 Å². The molecule has 0 saturated carbocycles. The molecule has 0 atom stereocenters. The summed E-state index contributed by atoms with van der Waals surface area (Å²) in [5.74, 6) is 0. The van der Waals surface area contributed by atoms with Crippen LogP contribution in [0.1, 0.15) is 55.6 Å². The van der Waals surface area contributed by atoms with Gasteiger partial charge in [0.1, 0.15) is 0 Å². The molecule has 0 aliphatic heterocycles. The average molecular weight is 436 g/mol. The Kier molecular flexibility index (Phi) is 10.3. The summed E-state index contributed by atoms with van der Waals surface area (Å²) in [5.41, 5.74) is 14.7. The molecule has 0 unspecified atom stereocenters. The van der Waals surface area contributed by atoms with E-state index in [4.69, 9.17) is 0 Å². The van der Waals surface area contributed by atoms with Crippen LogP contribution < -0.4 is 0 Å². The van der Waals surface area contributed by atoms with Gasteiger partial charge in [-0.25, -0.2) is 0 Å². The van der Waals surface area contributed by atoms with Gasteiger partial charge >= 0.3 is 40.4 Å². The minimum atomic E-state index is 0. The molecule has 0 amide bonds. The zero-order valence-electron chi connectivity index (χ0n) is 16.4. The van der Waals surface area contributed by atoms with Crippen molar-refractivity contribution in [2.24, 2.45) is 0 Å². The van der Waals surface area contributed by atoms with E-state index in [0.29, 0.717) is 0 Å². The van der Waals surface area contributed by atoms with E-state index in [9.17, 15) is 0 Å². The van der Waals surface area contributed by atoms with Crippen LogP contribution in [0.2, 0.25) is 0 Å². The van der Waals surface area contributed by atoms with Crippen LogP contribution in [-0.4, -0.2) is 0 Å². The molecular weight excluding hydrogens is 403 g/mol. The predicted molar refractivity (Wildman–Crippen MR) is 97.9 cm³/mol. The Morgan fingerprint density at radius 3 is 0.636 bits per heavy atom. The van der Waals surface area contributed by atoms with Crippen molar-refractivity contribution in [1.82, 2.24) is 0 Å². The largest absolute Gasteiger partial charge is 3.00 e. The molecule has 0 nitrogen and oxygen atoms in total. The Hall–Kier alpha value is 0.0377. The van der Waals surface area contributed by atoms with E-state index >= 15 is 0 Å². The smallest absolute Gasteiger partial charge is 0.358 e. The van der Waals surface area contributed by atoms with Crippen LogP contribution >= 0.6 is 0 Å². The zero-order chi connectivity index (χ0) is 15.8. The van der Waals surface area contributed by atoms with Gasteiger partial charge in [-0.15, -0.1) is 0 Å². The van der Waals surface area contributed by atoms with Crippen molar-refractivity contribution in [3.05, 3.63) is 63.1 Å². The van der Waals surface area contributed by atoms with Crippen molar-refractivity contribution in [2.45, 2.75) is 69.2 Å². The molecular formula is C21H33Sm. The summed E-state index contributed by atoms with van der Waals surface area (Å²) >= 11 is 0. The third-order valence-electron chi connectivity index (χ3n) is 5.62. The van der Waals surface area contributed by atoms with Crippen LogP contribution in [0.4, 0.5) is 0 Å². The maximum atomic E-state index is 2.20. The minimum absolute atomic E-state index is 0. The van der Waals surface area contributed by atoms with E-state index in [1.54, 1.807) is 0 Å². The maximum absolute atomic E-state index is 2.20. The van der Waals surface area contributed by atoms with Crippen molar-refractivity contribution in [2.75, 3.05) is 0 Å². The number of rotatable bonds is 0. The quantitative estimate of drug-likeness (QED) is 0.423. The number of hydrogen-bond acceptors (Lipinski definition) is 0. The topological polar surface area (TPSA) is 0 Å². The monoisotopic (exact) mass is 437 g/mol. The Balaban J connectivity index is 0. The molecule has 2 aromatic rings.